The molecule has 0 aliphatic heterocycles. The summed E-state index contributed by atoms with van der Waals surface area (Å²) < 4.78 is 25.0. The fourth-order valence-electron chi connectivity index (χ4n) is 2.44. The molecule has 0 aliphatic carbocycles. The van der Waals surface area contributed by atoms with E-state index in [2.05, 4.69) is 12.2 Å². The van der Waals surface area contributed by atoms with E-state index in [1.54, 1.807) is 0 Å². The van der Waals surface area contributed by atoms with Crippen molar-refractivity contribution in [1.82, 2.24) is 4.31 Å². The number of para-hydroxylation sites is 1. The molecular weight excluding hydrogens is 312 g/mol. The van der Waals surface area contributed by atoms with E-state index in [-0.39, 0.29) is 12.5 Å². The fraction of sp³-hybridized carbons (Fsp3) is 0.588. The number of sulfonamides is 1. The molecule has 0 radical (unpaired) electrons. The van der Waals surface area contributed by atoms with Crippen LogP contribution in [-0.4, -0.2) is 38.0 Å². The zero-order valence-corrected chi connectivity index (χ0v) is 15.4. The maximum Gasteiger partial charge on any atom is 0.239 e. The highest BCUT2D eigenvalue weighted by Gasteiger charge is 2.20. The molecule has 0 atom stereocenters. The van der Waals surface area contributed by atoms with E-state index in [9.17, 15) is 13.2 Å². The molecule has 0 unspecified atom stereocenters. The van der Waals surface area contributed by atoms with Crippen LogP contribution in [0.1, 0.15) is 44.2 Å². The minimum Gasteiger partial charge on any atom is -0.324 e. The highest BCUT2D eigenvalue weighted by molar-refractivity contribution is 7.88. The first-order valence-electron chi connectivity index (χ1n) is 8.13. The molecule has 0 spiro atoms. The van der Waals surface area contributed by atoms with Crippen molar-refractivity contribution < 1.29 is 13.2 Å². The predicted molar refractivity (Wildman–Crippen MR) is 95.1 cm³/mol. The summed E-state index contributed by atoms with van der Waals surface area (Å²) in [7, 11) is -3.39. The second-order valence-electron chi connectivity index (χ2n) is 5.81. The van der Waals surface area contributed by atoms with Crippen LogP contribution >= 0.6 is 0 Å². The number of anilines is 1. The van der Waals surface area contributed by atoms with E-state index >= 15 is 0 Å². The fourth-order valence-corrected chi connectivity index (χ4v) is 3.25. The Bertz CT molecular complexity index is 627. The van der Waals surface area contributed by atoms with Gasteiger partial charge in [0, 0.05) is 12.2 Å². The molecule has 1 N–H and O–H groups in total. The lowest BCUT2D eigenvalue weighted by Gasteiger charge is -2.20. The van der Waals surface area contributed by atoms with Crippen LogP contribution < -0.4 is 5.32 Å². The van der Waals surface area contributed by atoms with Gasteiger partial charge in [-0.05, 0) is 30.9 Å². The number of nitrogens with zero attached hydrogens (tertiary/aromatic N) is 1. The van der Waals surface area contributed by atoms with Gasteiger partial charge in [0.25, 0.3) is 0 Å². The SMILES string of the molecule is CCCCCN(CC(=O)Nc1c(C)cccc1CC)S(C)(=O)=O. The van der Waals surface area contributed by atoms with E-state index in [0.717, 1.165) is 48.8 Å². The standard InChI is InChI=1S/C17H28N2O3S/c1-5-7-8-12-19(23(4,21)22)13-16(20)18-17-14(3)10-9-11-15(17)6-2/h9-11H,5-8,12-13H2,1-4H3,(H,18,20). The summed E-state index contributed by atoms with van der Waals surface area (Å²) in [6.07, 6.45) is 4.68. The number of nitrogens with one attached hydrogen (secondary N) is 1. The van der Waals surface area contributed by atoms with Gasteiger partial charge < -0.3 is 5.32 Å². The number of benzene rings is 1. The third kappa shape index (κ3) is 6.31. The van der Waals surface area contributed by atoms with Gasteiger partial charge in [-0.1, -0.05) is 44.9 Å². The van der Waals surface area contributed by atoms with Gasteiger partial charge in [-0.3, -0.25) is 4.79 Å². The first-order chi connectivity index (χ1) is 10.8. The number of rotatable bonds is 9. The van der Waals surface area contributed by atoms with E-state index < -0.39 is 10.0 Å². The molecule has 1 aromatic rings. The van der Waals surface area contributed by atoms with Crippen molar-refractivity contribution in [3.05, 3.63) is 29.3 Å². The molecule has 0 bridgehead atoms. The summed E-state index contributed by atoms with van der Waals surface area (Å²) in [4.78, 5) is 12.3. The second kappa shape index (κ2) is 9.03. The number of unbranched alkanes of at least 4 members (excludes halogenated alkanes) is 2. The highest BCUT2D eigenvalue weighted by Crippen LogP contribution is 2.21. The summed E-state index contributed by atoms with van der Waals surface area (Å²) in [6.45, 7) is 6.26. The van der Waals surface area contributed by atoms with Crippen molar-refractivity contribution in [2.45, 2.75) is 46.5 Å². The average molecular weight is 340 g/mol. The summed E-state index contributed by atoms with van der Waals surface area (Å²) in [6, 6.07) is 5.86. The molecule has 0 fully saturated rings. The van der Waals surface area contributed by atoms with E-state index in [4.69, 9.17) is 0 Å². The Kier molecular flexibility index (Phi) is 7.72. The van der Waals surface area contributed by atoms with E-state index in [1.165, 1.54) is 4.31 Å². The van der Waals surface area contributed by atoms with Gasteiger partial charge in [-0.25, -0.2) is 8.42 Å². The first-order valence-corrected chi connectivity index (χ1v) is 9.97. The molecule has 0 heterocycles. The van der Waals surface area contributed by atoms with Crippen molar-refractivity contribution in [2.24, 2.45) is 0 Å². The Morgan fingerprint density at radius 2 is 1.91 bits per heavy atom. The van der Waals surface area contributed by atoms with Gasteiger partial charge >= 0.3 is 0 Å². The Morgan fingerprint density at radius 3 is 2.48 bits per heavy atom. The number of aryl methyl sites for hydroxylation is 2. The average Bonchev–Trinajstić information content (AvgIpc) is 2.47. The van der Waals surface area contributed by atoms with Crippen LogP contribution in [0, 0.1) is 6.92 Å². The van der Waals surface area contributed by atoms with Gasteiger partial charge in [0.1, 0.15) is 0 Å². The molecule has 1 aromatic carbocycles. The van der Waals surface area contributed by atoms with Crippen molar-refractivity contribution in [3.63, 3.8) is 0 Å². The maximum absolute atomic E-state index is 12.3. The Balaban J connectivity index is 2.80. The third-order valence-corrected chi connectivity index (χ3v) is 5.05. The van der Waals surface area contributed by atoms with Gasteiger partial charge in [-0.15, -0.1) is 0 Å². The molecule has 1 rings (SSSR count). The lowest BCUT2D eigenvalue weighted by Crippen LogP contribution is -2.38. The minimum atomic E-state index is -3.39. The van der Waals surface area contributed by atoms with Crippen LogP contribution in [0.3, 0.4) is 0 Å². The zero-order chi connectivity index (χ0) is 17.5. The molecule has 130 valence electrons. The Morgan fingerprint density at radius 1 is 1.22 bits per heavy atom. The molecule has 1 amide bonds. The van der Waals surface area contributed by atoms with Gasteiger partial charge in [0.2, 0.25) is 15.9 Å². The van der Waals surface area contributed by atoms with E-state index in [0.29, 0.717) is 6.54 Å². The third-order valence-electron chi connectivity index (χ3n) is 3.80. The second-order valence-corrected chi connectivity index (χ2v) is 7.80. The largest absolute Gasteiger partial charge is 0.324 e. The van der Waals surface area contributed by atoms with Gasteiger partial charge in [0.15, 0.2) is 0 Å². The molecule has 0 saturated carbocycles. The topological polar surface area (TPSA) is 66.5 Å². The van der Waals surface area contributed by atoms with Crippen LogP contribution in [-0.2, 0) is 21.2 Å². The number of carbonyl (C=O) groups is 1. The molecule has 0 saturated heterocycles. The molecule has 0 aromatic heterocycles. The highest BCUT2D eigenvalue weighted by atomic mass is 32.2. The monoisotopic (exact) mass is 340 g/mol. The lowest BCUT2D eigenvalue weighted by molar-refractivity contribution is -0.116. The van der Waals surface area contributed by atoms with Crippen LogP contribution in [0.5, 0.6) is 0 Å². The molecule has 23 heavy (non-hydrogen) atoms. The first kappa shape index (κ1) is 19.6. The summed E-state index contributed by atoms with van der Waals surface area (Å²) in [5.74, 6) is -0.295. The van der Waals surface area contributed by atoms with Crippen molar-refractivity contribution in [2.75, 3.05) is 24.7 Å². The van der Waals surface area contributed by atoms with Crippen LogP contribution in [0.15, 0.2) is 18.2 Å². The lowest BCUT2D eigenvalue weighted by atomic mass is 10.1. The Hall–Kier alpha value is -1.40. The van der Waals surface area contributed by atoms with Gasteiger partial charge in [0.05, 0.1) is 12.8 Å². The van der Waals surface area contributed by atoms with Crippen LogP contribution in [0.25, 0.3) is 0 Å². The summed E-state index contributed by atoms with van der Waals surface area (Å²) in [5.41, 5.74) is 2.83. The minimum absolute atomic E-state index is 0.139. The molecular formula is C17H28N2O3S. The zero-order valence-electron chi connectivity index (χ0n) is 14.6. The smallest absolute Gasteiger partial charge is 0.239 e. The summed E-state index contributed by atoms with van der Waals surface area (Å²) >= 11 is 0. The quantitative estimate of drug-likeness (QED) is 0.703. The molecule has 5 nitrogen and oxygen atoms in total. The normalized spacial score (nSPS) is 11.7. The number of hydrogen-bond donors (Lipinski definition) is 1. The number of carbonyl (C=O) groups excluding carboxylic acids is 1. The molecule has 6 heteroatoms. The van der Waals surface area contributed by atoms with Gasteiger partial charge in [-0.2, -0.15) is 4.31 Å². The van der Waals surface area contributed by atoms with Crippen molar-refractivity contribution >= 4 is 21.6 Å². The van der Waals surface area contributed by atoms with E-state index in [1.807, 2.05) is 32.0 Å². The molecule has 0 aliphatic rings. The number of amides is 1. The maximum atomic E-state index is 12.3. The summed E-state index contributed by atoms with van der Waals surface area (Å²) in [5, 5.41) is 2.88. The number of hydrogen-bond acceptors (Lipinski definition) is 3. The predicted octanol–water partition coefficient (Wildman–Crippen LogP) is 2.95. The van der Waals surface area contributed by atoms with Crippen molar-refractivity contribution in [1.29, 1.82) is 0 Å². The van der Waals surface area contributed by atoms with Crippen LogP contribution in [0.4, 0.5) is 5.69 Å². The Labute approximate surface area is 140 Å². The van der Waals surface area contributed by atoms with Crippen LogP contribution in [0.2, 0.25) is 0 Å². The van der Waals surface area contributed by atoms with Crippen molar-refractivity contribution in [3.8, 4) is 0 Å².